The van der Waals surface area contributed by atoms with Crippen molar-refractivity contribution in [1.82, 2.24) is 15.0 Å². The fourth-order valence-corrected chi connectivity index (χ4v) is 2.28. The zero-order chi connectivity index (χ0) is 19.8. The highest BCUT2D eigenvalue weighted by Crippen LogP contribution is 2.31. The maximum atomic E-state index is 12.1. The monoisotopic (exact) mass is 379 g/mol. The second kappa shape index (κ2) is 9.13. The maximum absolute atomic E-state index is 12.1. The smallest absolute Gasteiger partial charge is 0.341 e. The molecule has 0 aliphatic heterocycles. The van der Waals surface area contributed by atoms with E-state index in [1.165, 1.54) is 20.5 Å². The summed E-state index contributed by atoms with van der Waals surface area (Å²) in [5.41, 5.74) is 0.604. The number of carbonyl (C=O) groups is 1. The lowest BCUT2D eigenvalue weighted by Gasteiger charge is -2.12. The summed E-state index contributed by atoms with van der Waals surface area (Å²) < 4.78 is 21.3. The van der Waals surface area contributed by atoms with Gasteiger partial charge in [-0.25, -0.2) is 19.7 Å². The van der Waals surface area contributed by atoms with Crippen LogP contribution in [0, 0.1) is 0 Å². The lowest BCUT2D eigenvalue weighted by Crippen LogP contribution is -2.06. The summed E-state index contributed by atoms with van der Waals surface area (Å²) in [6.45, 7) is 0. The summed E-state index contributed by atoms with van der Waals surface area (Å²) in [5, 5.41) is 0. The van der Waals surface area contributed by atoms with E-state index in [-0.39, 0.29) is 17.5 Å². The van der Waals surface area contributed by atoms with Crippen LogP contribution < -0.4 is 9.47 Å². The molecule has 0 saturated heterocycles. The molecule has 0 aliphatic rings. The largest absolute Gasteiger partial charge is 0.503 e. The molecule has 2 heterocycles. The molecule has 2 aromatic heterocycles. The lowest BCUT2D eigenvalue weighted by molar-refractivity contribution is -0.133. The fourth-order valence-electron chi connectivity index (χ4n) is 2.28. The van der Waals surface area contributed by atoms with Gasteiger partial charge in [-0.2, -0.15) is 0 Å². The summed E-state index contributed by atoms with van der Waals surface area (Å²) in [6, 6.07) is 12.2. The molecule has 0 spiro atoms. The van der Waals surface area contributed by atoms with Crippen molar-refractivity contribution in [2.75, 3.05) is 14.2 Å². The van der Waals surface area contributed by atoms with E-state index in [9.17, 15) is 4.79 Å². The molecule has 0 N–H and O–H groups in total. The van der Waals surface area contributed by atoms with Crippen molar-refractivity contribution in [2.45, 2.75) is 0 Å². The number of hydrogen-bond acceptors (Lipinski definition) is 8. The van der Waals surface area contributed by atoms with E-state index in [4.69, 9.17) is 18.9 Å². The Morgan fingerprint density at radius 1 is 0.893 bits per heavy atom. The highest BCUT2D eigenvalue weighted by molar-refractivity contribution is 6.16. The standard InChI is InChI=1S/C20H17N3O5/c1-25-13-17(19(24)26-2)16-8-4-9-21-18(16)27-14-6-3-7-15(12-14)28-20-22-10-5-11-23-20/h3-13H,1-2H3/b17-13+. The Balaban J connectivity index is 1.87. The molecule has 8 heteroatoms. The Bertz CT molecular complexity index is 976. The zero-order valence-corrected chi connectivity index (χ0v) is 15.2. The molecule has 142 valence electrons. The summed E-state index contributed by atoms with van der Waals surface area (Å²) in [5.74, 6) is 0.583. The minimum absolute atomic E-state index is 0.179. The number of rotatable bonds is 7. The van der Waals surface area contributed by atoms with Crippen LogP contribution in [0.25, 0.3) is 5.57 Å². The van der Waals surface area contributed by atoms with Gasteiger partial charge in [0.1, 0.15) is 17.1 Å². The predicted molar refractivity (Wildman–Crippen MR) is 99.9 cm³/mol. The van der Waals surface area contributed by atoms with Crippen LogP contribution in [0.2, 0.25) is 0 Å². The molecule has 8 nitrogen and oxygen atoms in total. The lowest BCUT2D eigenvalue weighted by atomic mass is 10.1. The van der Waals surface area contributed by atoms with Crippen LogP contribution in [-0.4, -0.2) is 35.1 Å². The van der Waals surface area contributed by atoms with Crippen LogP contribution in [0.5, 0.6) is 23.4 Å². The predicted octanol–water partition coefficient (Wildman–Crippen LogP) is 3.62. The Kier molecular flexibility index (Phi) is 6.14. The first kappa shape index (κ1) is 18.8. The summed E-state index contributed by atoms with van der Waals surface area (Å²) >= 11 is 0. The van der Waals surface area contributed by atoms with Crippen molar-refractivity contribution in [3.05, 3.63) is 72.9 Å². The molecule has 0 saturated carbocycles. The van der Waals surface area contributed by atoms with Crippen molar-refractivity contribution in [3.63, 3.8) is 0 Å². The third kappa shape index (κ3) is 4.61. The van der Waals surface area contributed by atoms with Crippen molar-refractivity contribution in [3.8, 4) is 23.4 Å². The third-order valence-electron chi connectivity index (χ3n) is 3.47. The first-order chi connectivity index (χ1) is 13.7. The van der Waals surface area contributed by atoms with Crippen molar-refractivity contribution < 1.29 is 23.7 Å². The second-order valence-corrected chi connectivity index (χ2v) is 5.33. The van der Waals surface area contributed by atoms with Gasteiger partial charge in [-0.15, -0.1) is 0 Å². The molecular formula is C20H17N3O5. The van der Waals surface area contributed by atoms with E-state index in [2.05, 4.69) is 15.0 Å². The highest BCUT2D eigenvalue weighted by Gasteiger charge is 2.19. The topological polar surface area (TPSA) is 92.7 Å². The molecule has 3 rings (SSSR count). The molecule has 0 aliphatic carbocycles. The summed E-state index contributed by atoms with van der Waals surface area (Å²) in [4.78, 5) is 24.3. The molecule has 0 atom stereocenters. The van der Waals surface area contributed by atoms with Crippen molar-refractivity contribution in [2.24, 2.45) is 0 Å². The van der Waals surface area contributed by atoms with E-state index in [0.29, 0.717) is 17.1 Å². The Morgan fingerprint density at radius 2 is 1.61 bits per heavy atom. The maximum Gasteiger partial charge on any atom is 0.341 e. The number of esters is 1. The molecule has 1 aromatic carbocycles. The van der Waals surface area contributed by atoms with Gasteiger partial charge in [0.05, 0.1) is 26.0 Å². The minimum atomic E-state index is -0.571. The third-order valence-corrected chi connectivity index (χ3v) is 3.47. The molecule has 0 bridgehead atoms. The number of methoxy groups -OCH3 is 2. The van der Waals surface area contributed by atoms with Crippen LogP contribution in [0.1, 0.15) is 5.56 Å². The van der Waals surface area contributed by atoms with Crippen LogP contribution in [0.15, 0.2) is 67.3 Å². The Morgan fingerprint density at radius 3 is 2.32 bits per heavy atom. The van der Waals surface area contributed by atoms with Crippen LogP contribution >= 0.6 is 0 Å². The van der Waals surface area contributed by atoms with E-state index in [1.54, 1.807) is 61.1 Å². The second-order valence-electron chi connectivity index (χ2n) is 5.33. The number of carbonyl (C=O) groups excluding carboxylic acids is 1. The van der Waals surface area contributed by atoms with Gasteiger partial charge in [0.2, 0.25) is 5.88 Å². The SMILES string of the molecule is CO/C=C(/C(=O)OC)c1cccnc1Oc1cccc(Oc2ncccn2)c1. The van der Waals surface area contributed by atoms with Crippen LogP contribution in [-0.2, 0) is 14.3 Å². The molecule has 28 heavy (non-hydrogen) atoms. The number of hydrogen-bond donors (Lipinski definition) is 0. The van der Waals surface area contributed by atoms with Gasteiger partial charge in [0.25, 0.3) is 0 Å². The minimum Gasteiger partial charge on any atom is -0.503 e. The number of nitrogens with zero attached hydrogens (tertiary/aromatic N) is 3. The zero-order valence-electron chi connectivity index (χ0n) is 15.2. The van der Waals surface area contributed by atoms with Gasteiger partial charge in [0.15, 0.2) is 0 Å². The van der Waals surface area contributed by atoms with Gasteiger partial charge in [-0.05, 0) is 30.3 Å². The van der Waals surface area contributed by atoms with E-state index < -0.39 is 5.97 Å². The molecule has 3 aromatic rings. The molecule has 0 fully saturated rings. The van der Waals surface area contributed by atoms with Crippen LogP contribution in [0.3, 0.4) is 0 Å². The average Bonchev–Trinajstić information content (AvgIpc) is 2.73. The van der Waals surface area contributed by atoms with E-state index >= 15 is 0 Å². The fraction of sp³-hybridized carbons (Fsp3) is 0.100. The molecule has 0 radical (unpaired) electrons. The number of benzene rings is 1. The van der Waals surface area contributed by atoms with Gasteiger partial charge in [0, 0.05) is 24.7 Å². The van der Waals surface area contributed by atoms with Crippen LogP contribution in [0.4, 0.5) is 0 Å². The Hall–Kier alpha value is -3.94. The number of aromatic nitrogens is 3. The summed E-state index contributed by atoms with van der Waals surface area (Å²) in [6.07, 6.45) is 6.00. The first-order valence-electron chi connectivity index (χ1n) is 8.20. The molecular weight excluding hydrogens is 362 g/mol. The van der Waals surface area contributed by atoms with Crippen molar-refractivity contribution in [1.29, 1.82) is 0 Å². The Labute approximate surface area is 161 Å². The molecule has 0 amide bonds. The average molecular weight is 379 g/mol. The van der Waals surface area contributed by atoms with Crippen molar-refractivity contribution >= 4 is 11.5 Å². The number of pyridine rings is 1. The highest BCUT2D eigenvalue weighted by atomic mass is 16.5. The normalized spacial score (nSPS) is 10.9. The first-order valence-corrected chi connectivity index (χ1v) is 8.20. The van der Waals surface area contributed by atoms with E-state index in [0.717, 1.165) is 0 Å². The quantitative estimate of drug-likeness (QED) is 0.349. The molecule has 0 unspecified atom stereocenters. The summed E-state index contributed by atoms with van der Waals surface area (Å²) in [7, 11) is 2.72. The van der Waals surface area contributed by atoms with E-state index in [1.807, 2.05) is 0 Å². The van der Waals surface area contributed by atoms with Gasteiger partial charge < -0.3 is 18.9 Å². The number of ether oxygens (including phenoxy) is 4. The van der Waals surface area contributed by atoms with Gasteiger partial charge in [-0.1, -0.05) is 6.07 Å². The van der Waals surface area contributed by atoms with Gasteiger partial charge in [-0.3, -0.25) is 0 Å². The van der Waals surface area contributed by atoms with Gasteiger partial charge >= 0.3 is 12.0 Å².